The molecule has 104 valence electrons. The summed E-state index contributed by atoms with van der Waals surface area (Å²) in [7, 11) is 0. The molecule has 0 aromatic heterocycles. The number of benzene rings is 1. The van der Waals surface area contributed by atoms with E-state index >= 15 is 0 Å². The minimum absolute atomic E-state index is 0.0724. The Hall–Kier alpha value is -1.75. The van der Waals surface area contributed by atoms with Crippen LogP contribution >= 0.6 is 11.6 Å². The molecule has 1 aromatic rings. The van der Waals surface area contributed by atoms with Crippen LogP contribution in [0, 0.1) is 11.3 Å². The zero-order chi connectivity index (χ0) is 14.6. The summed E-state index contributed by atoms with van der Waals surface area (Å²) in [6.45, 7) is 4.16. The fraction of sp³-hybridized carbons (Fsp3) is 0.385. The van der Waals surface area contributed by atoms with Crippen LogP contribution in [0.3, 0.4) is 0 Å². The Bertz CT molecular complexity index is 501. The first-order valence-electron chi connectivity index (χ1n) is 5.83. The number of phenols is 1. The number of phenolic OH excluding ortho intramolecular Hbond substituents is 1. The van der Waals surface area contributed by atoms with E-state index in [9.17, 15) is 9.90 Å². The van der Waals surface area contributed by atoms with Crippen LogP contribution in [0.15, 0.2) is 12.1 Å². The van der Waals surface area contributed by atoms with Gasteiger partial charge in [0.05, 0.1) is 18.6 Å². The van der Waals surface area contributed by atoms with E-state index in [-0.39, 0.29) is 28.8 Å². The van der Waals surface area contributed by atoms with Gasteiger partial charge in [0, 0.05) is 11.3 Å². The molecule has 0 heterocycles. The lowest BCUT2D eigenvalue weighted by Crippen LogP contribution is -2.15. The summed E-state index contributed by atoms with van der Waals surface area (Å²) in [4.78, 5) is 11.7. The second-order valence-corrected chi connectivity index (χ2v) is 4.97. The van der Waals surface area contributed by atoms with E-state index in [0.717, 1.165) is 0 Å². The SMILES string of the molecule is CC(C)COC(=O)Cc1c(N)ccc(O)c1C(=N)Cl. The average molecular weight is 285 g/mol. The number of carbonyl (C=O) groups is 1. The number of nitrogen functional groups attached to an aromatic ring is 1. The van der Waals surface area contributed by atoms with Crippen molar-refractivity contribution in [1.82, 2.24) is 0 Å². The van der Waals surface area contributed by atoms with Gasteiger partial charge in [-0.2, -0.15) is 0 Å². The molecule has 4 N–H and O–H groups in total. The van der Waals surface area contributed by atoms with Gasteiger partial charge in [0.15, 0.2) is 0 Å². The maximum absolute atomic E-state index is 11.7. The number of carbonyl (C=O) groups excluding carboxylic acids is 1. The van der Waals surface area contributed by atoms with Crippen molar-refractivity contribution in [3.8, 4) is 5.75 Å². The monoisotopic (exact) mass is 284 g/mol. The molecule has 0 aliphatic carbocycles. The number of esters is 1. The van der Waals surface area contributed by atoms with Crippen molar-refractivity contribution in [3.63, 3.8) is 0 Å². The third-order valence-corrected chi connectivity index (χ3v) is 2.63. The second-order valence-electron chi connectivity index (χ2n) is 4.60. The molecule has 0 amide bonds. The van der Waals surface area contributed by atoms with Crippen molar-refractivity contribution in [2.75, 3.05) is 12.3 Å². The van der Waals surface area contributed by atoms with E-state index in [1.54, 1.807) is 0 Å². The predicted octanol–water partition coefficient (Wildman–Crippen LogP) is 2.28. The van der Waals surface area contributed by atoms with Crippen LogP contribution in [-0.4, -0.2) is 22.9 Å². The lowest BCUT2D eigenvalue weighted by atomic mass is 10.0. The molecule has 0 saturated carbocycles. The van der Waals surface area contributed by atoms with E-state index in [1.165, 1.54) is 12.1 Å². The summed E-state index contributed by atoms with van der Waals surface area (Å²) < 4.78 is 5.05. The lowest BCUT2D eigenvalue weighted by molar-refractivity contribution is -0.143. The Morgan fingerprint density at radius 1 is 1.53 bits per heavy atom. The molecule has 0 bridgehead atoms. The topological polar surface area (TPSA) is 96.4 Å². The first-order valence-corrected chi connectivity index (χ1v) is 6.21. The largest absolute Gasteiger partial charge is 0.507 e. The zero-order valence-electron chi connectivity index (χ0n) is 10.9. The number of nitrogens with one attached hydrogen (secondary N) is 1. The third-order valence-electron chi connectivity index (χ3n) is 2.45. The summed E-state index contributed by atoms with van der Waals surface area (Å²) in [6, 6.07) is 2.80. The van der Waals surface area contributed by atoms with Gasteiger partial charge in [0.2, 0.25) is 0 Å². The summed E-state index contributed by atoms with van der Waals surface area (Å²) in [5.74, 6) is -0.415. The van der Waals surface area contributed by atoms with Gasteiger partial charge in [0.25, 0.3) is 0 Å². The molecule has 0 aliphatic rings. The standard InChI is InChI=1S/C13H17ClN2O3/c1-7(2)6-19-11(18)5-8-9(15)3-4-10(17)12(8)13(14)16/h3-4,7,16-17H,5-6,15H2,1-2H3. The van der Waals surface area contributed by atoms with Crippen molar-refractivity contribution >= 4 is 28.4 Å². The number of aromatic hydroxyl groups is 1. The van der Waals surface area contributed by atoms with Crippen molar-refractivity contribution in [1.29, 1.82) is 5.41 Å². The van der Waals surface area contributed by atoms with Crippen molar-refractivity contribution < 1.29 is 14.6 Å². The van der Waals surface area contributed by atoms with Crippen LogP contribution in [-0.2, 0) is 16.0 Å². The number of halogens is 1. The molecule has 1 aromatic carbocycles. The van der Waals surface area contributed by atoms with Crippen molar-refractivity contribution in [2.24, 2.45) is 5.92 Å². The zero-order valence-corrected chi connectivity index (χ0v) is 11.6. The molecular weight excluding hydrogens is 268 g/mol. The minimum atomic E-state index is -0.467. The summed E-state index contributed by atoms with van der Waals surface area (Å²) in [5.41, 5.74) is 6.44. The minimum Gasteiger partial charge on any atom is -0.507 e. The fourth-order valence-corrected chi connectivity index (χ4v) is 1.75. The number of anilines is 1. The molecule has 0 unspecified atom stereocenters. The van der Waals surface area contributed by atoms with Gasteiger partial charge in [-0.1, -0.05) is 25.4 Å². The predicted molar refractivity (Wildman–Crippen MR) is 74.7 cm³/mol. The van der Waals surface area contributed by atoms with Crippen molar-refractivity contribution in [2.45, 2.75) is 20.3 Å². The molecule has 6 heteroatoms. The number of rotatable bonds is 5. The summed E-state index contributed by atoms with van der Waals surface area (Å²) in [5, 5.41) is 16.7. The van der Waals surface area contributed by atoms with Crippen LogP contribution in [0.2, 0.25) is 0 Å². The van der Waals surface area contributed by atoms with Crippen LogP contribution in [0.25, 0.3) is 0 Å². The van der Waals surface area contributed by atoms with E-state index in [0.29, 0.717) is 17.9 Å². The van der Waals surface area contributed by atoms with Gasteiger partial charge < -0.3 is 15.6 Å². The van der Waals surface area contributed by atoms with Crippen molar-refractivity contribution in [3.05, 3.63) is 23.3 Å². The number of hydrogen-bond acceptors (Lipinski definition) is 5. The number of ether oxygens (including phenoxy) is 1. The molecular formula is C13H17ClN2O3. The Labute approximate surface area is 116 Å². The van der Waals surface area contributed by atoms with Crippen LogP contribution in [0.5, 0.6) is 5.75 Å². The average Bonchev–Trinajstić information content (AvgIpc) is 2.31. The smallest absolute Gasteiger partial charge is 0.310 e. The molecule has 0 saturated heterocycles. The van der Waals surface area contributed by atoms with Gasteiger partial charge in [0.1, 0.15) is 10.9 Å². The molecule has 5 nitrogen and oxygen atoms in total. The van der Waals surface area contributed by atoms with Crippen LogP contribution < -0.4 is 5.73 Å². The maximum atomic E-state index is 11.7. The second kappa shape index (κ2) is 6.43. The number of hydrogen-bond donors (Lipinski definition) is 3. The summed E-state index contributed by atoms with van der Waals surface area (Å²) in [6.07, 6.45) is -0.128. The molecule has 0 fully saturated rings. The van der Waals surface area contributed by atoms with Gasteiger partial charge in [-0.05, 0) is 18.1 Å². The first kappa shape index (κ1) is 15.3. The highest BCUT2D eigenvalue weighted by Gasteiger charge is 2.18. The molecule has 0 aliphatic heterocycles. The Kier molecular flexibility index (Phi) is 5.18. The molecule has 0 radical (unpaired) electrons. The highest BCUT2D eigenvalue weighted by molar-refractivity contribution is 6.69. The van der Waals surface area contributed by atoms with Crippen LogP contribution in [0.4, 0.5) is 5.69 Å². The number of nitrogens with two attached hydrogens (primary N) is 1. The Morgan fingerprint density at radius 2 is 2.16 bits per heavy atom. The highest BCUT2D eigenvalue weighted by atomic mass is 35.5. The van der Waals surface area contributed by atoms with Gasteiger partial charge in [-0.3, -0.25) is 10.2 Å². The third kappa shape index (κ3) is 4.13. The molecule has 0 spiro atoms. The van der Waals surface area contributed by atoms with Gasteiger partial charge in [-0.25, -0.2) is 0 Å². The maximum Gasteiger partial charge on any atom is 0.310 e. The first-order chi connectivity index (χ1) is 8.82. The normalized spacial score (nSPS) is 10.5. The van der Waals surface area contributed by atoms with E-state index in [1.807, 2.05) is 13.8 Å². The van der Waals surface area contributed by atoms with E-state index < -0.39 is 5.97 Å². The lowest BCUT2D eigenvalue weighted by Gasteiger charge is -2.13. The quantitative estimate of drug-likeness (QED) is 0.334. The van der Waals surface area contributed by atoms with E-state index in [2.05, 4.69) is 0 Å². The van der Waals surface area contributed by atoms with Gasteiger partial charge in [-0.15, -0.1) is 0 Å². The molecule has 19 heavy (non-hydrogen) atoms. The summed E-state index contributed by atoms with van der Waals surface area (Å²) >= 11 is 5.61. The van der Waals surface area contributed by atoms with E-state index in [4.69, 9.17) is 27.5 Å². The van der Waals surface area contributed by atoms with Gasteiger partial charge >= 0.3 is 5.97 Å². The molecule has 1 rings (SSSR count). The Morgan fingerprint density at radius 3 is 2.68 bits per heavy atom. The van der Waals surface area contributed by atoms with Crippen LogP contribution in [0.1, 0.15) is 25.0 Å². The fourth-order valence-electron chi connectivity index (χ4n) is 1.54. The molecule has 0 atom stereocenters. The highest BCUT2D eigenvalue weighted by Crippen LogP contribution is 2.28. The Balaban J connectivity index is 2.97.